The molecule has 0 aliphatic heterocycles. The summed E-state index contributed by atoms with van der Waals surface area (Å²) in [7, 11) is 0. The first-order valence-electron chi connectivity index (χ1n) is 5.68. The first-order chi connectivity index (χ1) is 9.56. The Kier molecular flexibility index (Phi) is 4.98. The molecule has 2 aromatic carbocycles. The standard InChI is InChI=1S/C14H10ClF2NOS/c15-10-3-1-2-4-12(10)18-14(19)8-20-13-7-9(16)5-6-11(13)17/h1-7H,8H2,(H,18,19). The molecule has 1 N–H and O–H groups in total. The number of halogens is 3. The molecule has 6 heteroatoms. The summed E-state index contributed by atoms with van der Waals surface area (Å²) in [5.74, 6) is -1.47. The molecule has 20 heavy (non-hydrogen) atoms. The second-order valence-electron chi connectivity index (χ2n) is 3.89. The molecule has 0 heterocycles. The summed E-state index contributed by atoms with van der Waals surface area (Å²) >= 11 is 6.82. The zero-order chi connectivity index (χ0) is 14.5. The van der Waals surface area contributed by atoms with Crippen molar-refractivity contribution >= 4 is 35.0 Å². The summed E-state index contributed by atoms with van der Waals surface area (Å²) in [6.07, 6.45) is 0. The highest BCUT2D eigenvalue weighted by molar-refractivity contribution is 8.00. The average molecular weight is 314 g/mol. The van der Waals surface area contributed by atoms with Crippen molar-refractivity contribution in [2.24, 2.45) is 0 Å². The number of carbonyl (C=O) groups is 1. The van der Waals surface area contributed by atoms with E-state index < -0.39 is 11.6 Å². The van der Waals surface area contributed by atoms with Gasteiger partial charge in [-0.3, -0.25) is 4.79 Å². The second kappa shape index (κ2) is 6.72. The minimum absolute atomic E-state index is 0.0361. The van der Waals surface area contributed by atoms with Gasteiger partial charge in [0.2, 0.25) is 5.91 Å². The lowest BCUT2D eigenvalue weighted by Crippen LogP contribution is -2.14. The van der Waals surface area contributed by atoms with Crippen LogP contribution in [-0.4, -0.2) is 11.7 Å². The Morgan fingerprint density at radius 1 is 1.20 bits per heavy atom. The Morgan fingerprint density at radius 3 is 2.70 bits per heavy atom. The molecule has 104 valence electrons. The van der Waals surface area contributed by atoms with Gasteiger partial charge in [0.05, 0.1) is 16.5 Å². The molecule has 2 aromatic rings. The lowest BCUT2D eigenvalue weighted by Gasteiger charge is -2.07. The van der Waals surface area contributed by atoms with Crippen molar-refractivity contribution < 1.29 is 13.6 Å². The minimum atomic E-state index is -0.554. The Labute approximate surface area is 124 Å². The predicted molar refractivity (Wildman–Crippen MR) is 77.2 cm³/mol. The second-order valence-corrected chi connectivity index (χ2v) is 5.32. The number of anilines is 1. The van der Waals surface area contributed by atoms with E-state index in [0.717, 1.165) is 30.0 Å². The van der Waals surface area contributed by atoms with Crippen molar-refractivity contribution in [2.45, 2.75) is 4.90 Å². The summed E-state index contributed by atoms with van der Waals surface area (Å²) < 4.78 is 26.3. The van der Waals surface area contributed by atoms with Gasteiger partial charge in [-0.1, -0.05) is 23.7 Å². The zero-order valence-electron chi connectivity index (χ0n) is 10.2. The van der Waals surface area contributed by atoms with Crippen molar-refractivity contribution in [1.82, 2.24) is 0 Å². The number of thioether (sulfide) groups is 1. The quantitative estimate of drug-likeness (QED) is 0.850. The van der Waals surface area contributed by atoms with E-state index in [0.29, 0.717) is 10.7 Å². The Morgan fingerprint density at radius 2 is 1.95 bits per heavy atom. The van der Waals surface area contributed by atoms with Crippen molar-refractivity contribution in [3.05, 3.63) is 59.1 Å². The monoisotopic (exact) mass is 313 g/mol. The highest BCUT2D eigenvalue weighted by Crippen LogP contribution is 2.24. The smallest absolute Gasteiger partial charge is 0.234 e. The van der Waals surface area contributed by atoms with E-state index in [4.69, 9.17) is 11.6 Å². The van der Waals surface area contributed by atoms with Crippen LogP contribution in [0.3, 0.4) is 0 Å². The van der Waals surface area contributed by atoms with E-state index >= 15 is 0 Å². The molecule has 0 fully saturated rings. The Bertz CT molecular complexity index is 636. The average Bonchev–Trinajstić information content (AvgIpc) is 2.42. The molecule has 0 saturated heterocycles. The molecule has 0 unspecified atom stereocenters. The van der Waals surface area contributed by atoms with Gasteiger partial charge in [0, 0.05) is 4.90 Å². The molecule has 0 saturated carbocycles. The lowest BCUT2D eigenvalue weighted by atomic mass is 10.3. The van der Waals surface area contributed by atoms with E-state index in [2.05, 4.69) is 5.32 Å². The van der Waals surface area contributed by atoms with Crippen LogP contribution in [-0.2, 0) is 4.79 Å². The lowest BCUT2D eigenvalue weighted by molar-refractivity contribution is -0.113. The Balaban J connectivity index is 1.96. The molecular weight excluding hydrogens is 304 g/mol. The molecule has 0 aliphatic carbocycles. The Hall–Kier alpha value is -1.59. The van der Waals surface area contributed by atoms with Gasteiger partial charge in [-0.2, -0.15) is 0 Å². The molecule has 0 aromatic heterocycles. The number of benzene rings is 2. The van der Waals surface area contributed by atoms with Crippen LogP contribution in [0.25, 0.3) is 0 Å². The molecule has 2 rings (SSSR count). The first-order valence-corrected chi connectivity index (χ1v) is 7.05. The van der Waals surface area contributed by atoms with Gasteiger partial charge in [0.1, 0.15) is 11.6 Å². The van der Waals surface area contributed by atoms with Gasteiger partial charge >= 0.3 is 0 Å². The molecule has 0 spiro atoms. The van der Waals surface area contributed by atoms with E-state index in [1.807, 2.05) is 0 Å². The maximum Gasteiger partial charge on any atom is 0.234 e. The fraction of sp³-hybridized carbons (Fsp3) is 0.0714. The van der Waals surface area contributed by atoms with Gasteiger partial charge in [0.25, 0.3) is 0 Å². The highest BCUT2D eigenvalue weighted by atomic mass is 35.5. The number of amides is 1. The van der Waals surface area contributed by atoms with Crippen LogP contribution in [0.2, 0.25) is 5.02 Å². The third-order valence-corrected chi connectivity index (χ3v) is 3.76. The van der Waals surface area contributed by atoms with Gasteiger partial charge in [-0.15, -0.1) is 11.8 Å². The van der Waals surface area contributed by atoms with Crippen LogP contribution in [0.15, 0.2) is 47.4 Å². The van der Waals surface area contributed by atoms with Crippen molar-refractivity contribution in [1.29, 1.82) is 0 Å². The van der Waals surface area contributed by atoms with E-state index in [1.54, 1.807) is 24.3 Å². The van der Waals surface area contributed by atoms with Crippen molar-refractivity contribution in [3.63, 3.8) is 0 Å². The molecule has 0 atom stereocenters. The van der Waals surface area contributed by atoms with Crippen LogP contribution in [0, 0.1) is 11.6 Å². The molecule has 2 nitrogen and oxygen atoms in total. The zero-order valence-corrected chi connectivity index (χ0v) is 11.8. The van der Waals surface area contributed by atoms with Crippen LogP contribution in [0.1, 0.15) is 0 Å². The van der Waals surface area contributed by atoms with E-state index in [9.17, 15) is 13.6 Å². The normalized spacial score (nSPS) is 10.3. The summed E-state index contributed by atoms with van der Waals surface area (Å²) in [5, 5.41) is 3.03. The van der Waals surface area contributed by atoms with Crippen LogP contribution >= 0.6 is 23.4 Å². The first kappa shape index (κ1) is 14.8. The van der Waals surface area contributed by atoms with Crippen molar-refractivity contribution in [3.8, 4) is 0 Å². The maximum absolute atomic E-state index is 13.4. The molecule has 0 bridgehead atoms. The summed E-state index contributed by atoms with van der Waals surface area (Å²) in [6, 6.07) is 9.91. The minimum Gasteiger partial charge on any atom is -0.324 e. The fourth-order valence-electron chi connectivity index (χ4n) is 1.48. The summed E-state index contributed by atoms with van der Waals surface area (Å²) in [4.78, 5) is 11.8. The maximum atomic E-state index is 13.4. The number of hydrogen-bond acceptors (Lipinski definition) is 2. The SMILES string of the molecule is O=C(CSc1cc(F)ccc1F)Nc1ccccc1Cl. The van der Waals surface area contributed by atoms with E-state index in [-0.39, 0.29) is 16.6 Å². The van der Waals surface area contributed by atoms with Gasteiger partial charge in [-0.25, -0.2) is 8.78 Å². The number of nitrogens with one attached hydrogen (secondary N) is 1. The molecular formula is C14H10ClF2NOS. The van der Waals surface area contributed by atoms with Crippen LogP contribution in [0.4, 0.5) is 14.5 Å². The van der Waals surface area contributed by atoms with Crippen molar-refractivity contribution in [2.75, 3.05) is 11.1 Å². The molecule has 0 aliphatic rings. The molecule has 0 radical (unpaired) electrons. The summed E-state index contributed by atoms with van der Waals surface area (Å²) in [5.41, 5.74) is 0.486. The number of hydrogen-bond donors (Lipinski definition) is 1. The summed E-state index contributed by atoms with van der Waals surface area (Å²) in [6.45, 7) is 0. The van der Waals surface area contributed by atoms with E-state index in [1.165, 1.54) is 0 Å². The number of para-hydroxylation sites is 1. The number of carbonyl (C=O) groups excluding carboxylic acids is 1. The van der Waals surface area contributed by atoms with Gasteiger partial charge in [-0.05, 0) is 30.3 Å². The van der Waals surface area contributed by atoms with Crippen LogP contribution < -0.4 is 5.32 Å². The van der Waals surface area contributed by atoms with Gasteiger partial charge in [0.15, 0.2) is 0 Å². The number of rotatable bonds is 4. The molecule has 1 amide bonds. The third kappa shape index (κ3) is 3.95. The topological polar surface area (TPSA) is 29.1 Å². The fourth-order valence-corrected chi connectivity index (χ4v) is 2.42. The van der Waals surface area contributed by atoms with Gasteiger partial charge < -0.3 is 5.32 Å². The largest absolute Gasteiger partial charge is 0.324 e. The highest BCUT2D eigenvalue weighted by Gasteiger charge is 2.09. The predicted octanol–water partition coefficient (Wildman–Crippen LogP) is 4.35. The van der Waals surface area contributed by atoms with Crippen LogP contribution in [0.5, 0.6) is 0 Å². The third-order valence-electron chi connectivity index (χ3n) is 2.40.